The zero-order valence-electron chi connectivity index (χ0n) is 16.8. The van der Waals surface area contributed by atoms with Crippen LogP contribution in [0.2, 0.25) is 0 Å². The Hall–Kier alpha value is -0.480. The van der Waals surface area contributed by atoms with Gasteiger partial charge in [-0.25, -0.2) is 0 Å². The summed E-state index contributed by atoms with van der Waals surface area (Å²) in [4.78, 5) is 10.6. The van der Waals surface area contributed by atoms with Crippen LogP contribution in [-0.4, -0.2) is 34.8 Å². The number of unbranched alkanes of at least 4 members (excludes halogenated alkanes) is 1. The molecule has 0 spiro atoms. The van der Waals surface area contributed by atoms with Crippen LogP contribution in [0.5, 0.6) is 0 Å². The van der Waals surface area contributed by atoms with Crippen LogP contribution >= 0.6 is 11.8 Å². The van der Waals surface area contributed by atoms with Crippen molar-refractivity contribution in [3.63, 3.8) is 0 Å². The molecule has 0 aromatic carbocycles. The van der Waals surface area contributed by atoms with Gasteiger partial charge in [0.25, 0.3) is 0 Å². The van der Waals surface area contributed by atoms with E-state index in [1.807, 2.05) is 0 Å². The summed E-state index contributed by atoms with van der Waals surface area (Å²) in [5.74, 6) is 4.33. The molecule has 3 fully saturated rings. The van der Waals surface area contributed by atoms with Gasteiger partial charge in [0.05, 0.1) is 12.2 Å². The summed E-state index contributed by atoms with van der Waals surface area (Å²) in [7, 11) is 0. The van der Waals surface area contributed by atoms with Gasteiger partial charge >= 0.3 is 5.97 Å². The van der Waals surface area contributed by atoms with Gasteiger partial charge in [-0.1, -0.05) is 44.3 Å². The lowest BCUT2D eigenvalue weighted by atomic mass is 9.78. The van der Waals surface area contributed by atoms with Gasteiger partial charge in [-0.3, -0.25) is 4.79 Å². The zero-order valence-corrected chi connectivity index (χ0v) is 17.6. The third-order valence-electron chi connectivity index (χ3n) is 6.86. The first kappa shape index (κ1) is 21.2. The van der Waals surface area contributed by atoms with Gasteiger partial charge in [-0.2, -0.15) is 11.8 Å². The fraction of sp³-hybridized carbons (Fsp3) is 0.870. The van der Waals surface area contributed by atoms with Crippen molar-refractivity contribution in [2.75, 3.05) is 11.5 Å². The van der Waals surface area contributed by atoms with E-state index in [4.69, 9.17) is 9.84 Å². The molecular weight excluding hydrogens is 356 g/mol. The van der Waals surface area contributed by atoms with Crippen molar-refractivity contribution >= 4 is 17.7 Å². The van der Waals surface area contributed by atoms with E-state index in [0.29, 0.717) is 18.1 Å². The number of allylic oxidation sites excluding steroid dienone is 2. The second-order valence-corrected chi connectivity index (χ2v) is 9.98. The molecule has 2 heterocycles. The van der Waals surface area contributed by atoms with E-state index in [1.165, 1.54) is 69.3 Å². The Labute approximate surface area is 169 Å². The van der Waals surface area contributed by atoms with Crippen LogP contribution < -0.4 is 0 Å². The van der Waals surface area contributed by atoms with E-state index in [1.54, 1.807) is 0 Å². The Morgan fingerprint density at radius 3 is 2.56 bits per heavy atom. The maximum Gasteiger partial charge on any atom is 0.303 e. The number of carboxylic acid groups (broad SMARTS) is 1. The van der Waals surface area contributed by atoms with Crippen LogP contribution in [0.1, 0.15) is 83.5 Å². The molecule has 3 aliphatic rings. The lowest BCUT2D eigenvalue weighted by Crippen LogP contribution is -2.28. The van der Waals surface area contributed by atoms with Crippen molar-refractivity contribution in [3.05, 3.63) is 12.2 Å². The van der Waals surface area contributed by atoms with Crippen molar-refractivity contribution in [2.45, 2.75) is 95.7 Å². The number of hydrogen-bond donors (Lipinski definition) is 1. The predicted octanol–water partition coefficient (Wildman–Crippen LogP) is 6.07. The molecule has 1 saturated carbocycles. The summed E-state index contributed by atoms with van der Waals surface area (Å²) < 4.78 is 6.23. The summed E-state index contributed by atoms with van der Waals surface area (Å²) in [6.45, 7) is 0. The number of carboxylic acids is 1. The number of thioether (sulfide) groups is 1. The molecule has 3 nitrogen and oxygen atoms in total. The minimum Gasteiger partial charge on any atom is -0.481 e. The average molecular weight is 395 g/mol. The Balaban J connectivity index is 1.31. The number of rotatable bonds is 12. The van der Waals surface area contributed by atoms with Crippen molar-refractivity contribution in [1.82, 2.24) is 0 Å². The molecule has 2 saturated heterocycles. The van der Waals surface area contributed by atoms with E-state index in [0.717, 1.165) is 31.1 Å². The normalized spacial score (nSPS) is 31.1. The molecule has 0 radical (unpaired) electrons. The zero-order chi connectivity index (χ0) is 18.9. The lowest BCUT2D eigenvalue weighted by Gasteiger charge is -2.27. The first-order valence-corrected chi connectivity index (χ1v) is 12.5. The second-order valence-electron chi connectivity index (χ2n) is 8.83. The number of carbonyl (C=O) groups is 1. The van der Waals surface area contributed by atoms with Crippen LogP contribution in [0.4, 0.5) is 0 Å². The highest BCUT2D eigenvalue weighted by Gasteiger charge is 2.47. The molecule has 154 valence electrons. The SMILES string of the molecule is O=C(O)CCCC=CC[C@@H]1[C@@H](CSCCCC2CCCCC2)[C@@H]2CC[C@H]1O2. The first-order valence-electron chi connectivity index (χ1n) is 11.3. The van der Waals surface area contributed by atoms with Crippen LogP contribution in [0.25, 0.3) is 0 Å². The molecule has 4 atom stereocenters. The molecule has 1 aliphatic carbocycles. The Kier molecular flexibility index (Phi) is 9.05. The Morgan fingerprint density at radius 1 is 1.00 bits per heavy atom. The summed E-state index contributed by atoms with van der Waals surface area (Å²) >= 11 is 2.16. The molecule has 2 bridgehead atoms. The van der Waals surface area contributed by atoms with Crippen LogP contribution in [0.15, 0.2) is 12.2 Å². The highest BCUT2D eigenvalue weighted by atomic mass is 32.2. The van der Waals surface area contributed by atoms with E-state index in [-0.39, 0.29) is 6.42 Å². The second kappa shape index (κ2) is 11.5. The van der Waals surface area contributed by atoms with Crippen molar-refractivity contribution in [2.24, 2.45) is 17.8 Å². The van der Waals surface area contributed by atoms with Crippen molar-refractivity contribution in [1.29, 1.82) is 0 Å². The molecule has 0 amide bonds. The van der Waals surface area contributed by atoms with Gasteiger partial charge in [0.1, 0.15) is 0 Å². The van der Waals surface area contributed by atoms with Crippen molar-refractivity contribution < 1.29 is 14.6 Å². The summed E-state index contributed by atoms with van der Waals surface area (Å²) in [5.41, 5.74) is 0. The van der Waals surface area contributed by atoms with E-state index in [9.17, 15) is 4.79 Å². The first-order chi connectivity index (χ1) is 13.2. The monoisotopic (exact) mass is 394 g/mol. The van der Waals surface area contributed by atoms with Crippen LogP contribution in [0, 0.1) is 17.8 Å². The molecular formula is C23H38O3S. The molecule has 27 heavy (non-hydrogen) atoms. The van der Waals surface area contributed by atoms with Gasteiger partial charge in [-0.05, 0) is 74.2 Å². The maximum absolute atomic E-state index is 10.6. The van der Waals surface area contributed by atoms with E-state index >= 15 is 0 Å². The average Bonchev–Trinajstić information content (AvgIpc) is 3.27. The van der Waals surface area contributed by atoms with E-state index in [2.05, 4.69) is 23.9 Å². The highest BCUT2D eigenvalue weighted by molar-refractivity contribution is 7.99. The number of hydrogen-bond acceptors (Lipinski definition) is 3. The lowest BCUT2D eigenvalue weighted by molar-refractivity contribution is -0.137. The smallest absolute Gasteiger partial charge is 0.303 e. The Bertz CT molecular complexity index is 472. The minimum absolute atomic E-state index is 0.279. The molecule has 2 aliphatic heterocycles. The van der Waals surface area contributed by atoms with E-state index < -0.39 is 5.97 Å². The summed E-state index contributed by atoms with van der Waals surface area (Å²) in [6, 6.07) is 0. The van der Waals surface area contributed by atoms with Crippen LogP contribution in [0.3, 0.4) is 0 Å². The predicted molar refractivity (Wildman–Crippen MR) is 113 cm³/mol. The molecule has 4 heteroatoms. The molecule has 0 aromatic rings. The topological polar surface area (TPSA) is 46.5 Å². The van der Waals surface area contributed by atoms with Gasteiger partial charge in [0.2, 0.25) is 0 Å². The molecule has 0 aromatic heterocycles. The molecule has 0 unspecified atom stereocenters. The van der Waals surface area contributed by atoms with Gasteiger partial charge in [-0.15, -0.1) is 0 Å². The maximum atomic E-state index is 10.6. The summed E-state index contributed by atoms with van der Waals surface area (Å²) in [5, 5.41) is 8.70. The summed E-state index contributed by atoms with van der Waals surface area (Å²) in [6.07, 6.45) is 21.2. The number of aliphatic carboxylic acids is 1. The fourth-order valence-corrected chi connectivity index (χ4v) is 6.61. The third-order valence-corrected chi connectivity index (χ3v) is 8.06. The standard InChI is InChI=1S/C23H38O3S/c24-23(25)13-7-2-1-6-12-19-20(22-15-14-21(19)26-22)17-27-16-8-11-18-9-4-3-5-10-18/h1,6,18-22H,2-5,7-17H2,(H,24,25)/t19-,20-,21-,22+/m1/s1. The quantitative estimate of drug-likeness (QED) is 0.322. The highest BCUT2D eigenvalue weighted by Crippen LogP contribution is 2.46. The van der Waals surface area contributed by atoms with Gasteiger partial charge in [0, 0.05) is 6.42 Å². The third kappa shape index (κ3) is 6.81. The van der Waals surface area contributed by atoms with Gasteiger partial charge < -0.3 is 9.84 Å². The van der Waals surface area contributed by atoms with Crippen molar-refractivity contribution in [3.8, 4) is 0 Å². The molecule has 1 N–H and O–H groups in total. The largest absolute Gasteiger partial charge is 0.481 e. The van der Waals surface area contributed by atoms with Gasteiger partial charge in [0.15, 0.2) is 0 Å². The molecule has 3 rings (SSSR count). The fourth-order valence-electron chi connectivity index (χ4n) is 5.34. The van der Waals surface area contributed by atoms with Crippen LogP contribution in [-0.2, 0) is 9.53 Å². The number of ether oxygens (including phenoxy) is 1. The minimum atomic E-state index is -0.689. The Morgan fingerprint density at radius 2 is 1.78 bits per heavy atom. The number of fused-ring (bicyclic) bond motifs is 2.